The minimum atomic E-state index is -4.10. The SMILES string of the molecule is CCCCCCC(I)CC(F)(F)C(F)(F)Br. The first kappa shape index (κ1) is 16.9. The molecule has 0 heterocycles. The number of alkyl halides is 6. The molecule has 1 unspecified atom stereocenters. The molecule has 0 aliphatic carbocycles. The van der Waals surface area contributed by atoms with E-state index in [2.05, 4.69) is 6.92 Å². The topological polar surface area (TPSA) is 0 Å². The van der Waals surface area contributed by atoms with Crippen molar-refractivity contribution in [1.29, 1.82) is 0 Å². The van der Waals surface area contributed by atoms with Crippen molar-refractivity contribution in [2.24, 2.45) is 0 Å². The van der Waals surface area contributed by atoms with Crippen molar-refractivity contribution in [3.63, 3.8) is 0 Å². The minimum Gasteiger partial charge on any atom is -0.199 e. The molecule has 0 amide bonds. The largest absolute Gasteiger partial charge is 0.363 e. The molecule has 0 saturated heterocycles. The van der Waals surface area contributed by atoms with Gasteiger partial charge in [0.25, 0.3) is 0 Å². The van der Waals surface area contributed by atoms with Crippen molar-refractivity contribution in [2.45, 2.75) is 60.1 Å². The van der Waals surface area contributed by atoms with Gasteiger partial charge >= 0.3 is 10.8 Å². The number of hydrogen-bond acceptors (Lipinski definition) is 0. The van der Waals surface area contributed by atoms with Gasteiger partial charge in [0.15, 0.2) is 0 Å². The van der Waals surface area contributed by atoms with Crippen molar-refractivity contribution < 1.29 is 17.6 Å². The highest BCUT2D eigenvalue weighted by Crippen LogP contribution is 2.43. The van der Waals surface area contributed by atoms with Crippen LogP contribution in [-0.4, -0.2) is 14.7 Å². The summed E-state index contributed by atoms with van der Waals surface area (Å²) in [5, 5.41) is 0. The van der Waals surface area contributed by atoms with Gasteiger partial charge in [-0.15, -0.1) is 0 Å². The molecule has 16 heavy (non-hydrogen) atoms. The molecule has 0 bridgehead atoms. The smallest absolute Gasteiger partial charge is 0.199 e. The van der Waals surface area contributed by atoms with Crippen molar-refractivity contribution in [2.75, 3.05) is 0 Å². The molecule has 6 heteroatoms. The van der Waals surface area contributed by atoms with Gasteiger partial charge in [0.2, 0.25) is 0 Å². The van der Waals surface area contributed by atoms with E-state index in [1.807, 2.05) is 22.6 Å². The van der Waals surface area contributed by atoms with Gasteiger partial charge in [-0.1, -0.05) is 55.2 Å². The maximum atomic E-state index is 13.0. The van der Waals surface area contributed by atoms with Crippen LogP contribution in [0.1, 0.15) is 45.4 Å². The van der Waals surface area contributed by atoms with Gasteiger partial charge in [0.05, 0.1) is 0 Å². The van der Waals surface area contributed by atoms with E-state index in [0.717, 1.165) is 25.7 Å². The van der Waals surface area contributed by atoms with E-state index in [1.54, 1.807) is 15.9 Å². The van der Waals surface area contributed by atoms with Crippen LogP contribution in [0.4, 0.5) is 17.6 Å². The first-order valence-electron chi connectivity index (χ1n) is 5.29. The van der Waals surface area contributed by atoms with E-state index < -0.39 is 21.1 Å². The highest BCUT2D eigenvalue weighted by Gasteiger charge is 2.54. The molecule has 0 N–H and O–H groups in total. The van der Waals surface area contributed by atoms with Crippen LogP contribution in [0.2, 0.25) is 0 Å². The summed E-state index contributed by atoms with van der Waals surface area (Å²) in [6.45, 7) is 2.06. The lowest BCUT2D eigenvalue weighted by atomic mass is 10.1. The molecule has 0 spiro atoms. The van der Waals surface area contributed by atoms with Crippen LogP contribution >= 0.6 is 38.5 Å². The Labute approximate surface area is 116 Å². The summed E-state index contributed by atoms with van der Waals surface area (Å²) in [5.41, 5.74) is 0. The molecule has 0 saturated carbocycles. The fourth-order valence-electron chi connectivity index (χ4n) is 1.29. The van der Waals surface area contributed by atoms with Crippen molar-refractivity contribution in [3.05, 3.63) is 0 Å². The second kappa shape index (κ2) is 7.38. The highest BCUT2D eigenvalue weighted by atomic mass is 127. The van der Waals surface area contributed by atoms with Crippen LogP contribution in [0.25, 0.3) is 0 Å². The molecular formula is C10H16BrF4I. The van der Waals surface area contributed by atoms with Gasteiger partial charge in [-0.3, -0.25) is 0 Å². The zero-order valence-electron chi connectivity index (χ0n) is 9.09. The molecule has 0 aliphatic rings. The Balaban J connectivity index is 3.90. The van der Waals surface area contributed by atoms with Crippen molar-refractivity contribution in [1.82, 2.24) is 0 Å². The molecule has 0 radical (unpaired) electrons. The molecule has 0 aromatic rings. The predicted molar refractivity (Wildman–Crippen MR) is 70.0 cm³/mol. The zero-order valence-corrected chi connectivity index (χ0v) is 12.8. The Bertz CT molecular complexity index is 194. The van der Waals surface area contributed by atoms with Crippen molar-refractivity contribution >= 4 is 38.5 Å². The van der Waals surface area contributed by atoms with E-state index in [-0.39, 0.29) is 0 Å². The maximum absolute atomic E-state index is 13.0. The average Bonchev–Trinajstić information content (AvgIpc) is 2.10. The van der Waals surface area contributed by atoms with E-state index in [0.29, 0.717) is 6.42 Å². The van der Waals surface area contributed by atoms with Gasteiger partial charge in [0, 0.05) is 10.3 Å². The standard InChI is InChI=1S/C10H16BrF4I/c1-2-3-4-5-6-8(16)7-9(12,13)10(11,14)15/h8H,2-7H2,1H3. The summed E-state index contributed by atoms with van der Waals surface area (Å²) < 4.78 is 50.4. The molecule has 1 atom stereocenters. The summed E-state index contributed by atoms with van der Waals surface area (Å²) >= 11 is 3.56. The molecule has 98 valence electrons. The summed E-state index contributed by atoms with van der Waals surface area (Å²) in [5.74, 6) is -3.97. The van der Waals surface area contributed by atoms with E-state index in [9.17, 15) is 17.6 Å². The van der Waals surface area contributed by atoms with Crippen LogP contribution in [0, 0.1) is 0 Å². The Morgan fingerprint density at radius 2 is 1.69 bits per heavy atom. The monoisotopic (exact) mass is 418 g/mol. The van der Waals surface area contributed by atoms with Gasteiger partial charge in [-0.2, -0.15) is 17.6 Å². The van der Waals surface area contributed by atoms with Crippen molar-refractivity contribution in [3.8, 4) is 0 Å². The number of hydrogen-bond donors (Lipinski definition) is 0. The Morgan fingerprint density at radius 1 is 1.12 bits per heavy atom. The van der Waals surface area contributed by atoms with Gasteiger partial charge < -0.3 is 0 Å². The molecule has 0 aromatic heterocycles. The normalized spacial score (nSPS) is 15.2. The highest BCUT2D eigenvalue weighted by molar-refractivity contribution is 14.1. The summed E-state index contributed by atoms with van der Waals surface area (Å²) in [6.07, 6.45) is 3.73. The van der Waals surface area contributed by atoms with Crippen LogP contribution < -0.4 is 0 Å². The second-order valence-corrected chi connectivity index (χ2v) is 6.61. The van der Waals surface area contributed by atoms with Crippen LogP contribution in [0.3, 0.4) is 0 Å². The molecule has 0 rings (SSSR count). The third kappa shape index (κ3) is 6.61. The minimum absolute atomic E-state index is 0.409. The fourth-order valence-corrected chi connectivity index (χ4v) is 2.44. The molecular weight excluding hydrogens is 403 g/mol. The predicted octanol–water partition coefficient (Wildman–Crippen LogP) is 5.77. The first-order valence-corrected chi connectivity index (χ1v) is 7.33. The lowest BCUT2D eigenvalue weighted by Gasteiger charge is -2.23. The lowest BCUT2D eigenvalue weighted by molar-refractivity contribution is -0.150. The first-order chi connectivity index (χ1) is 7.20. The Morgan fingerprint density at radius 3 is 2.12 bits per heavy atom. The number of halogens is 6. The summed E-state index contributed by atoms with van der Waals surface area (Å²) in [6, 6.07) is 0. The van der Waals surface area contributed by atoms with Gasteiger partial charge in [0.1, 0.15) is 0 Å². The molecule has 0 aromatic carbocycles. The van der Waals surface area contributed by atoms with Crippen LogP contribution in [0.15, 0.2) is 0 Å². The van der Waals surface area contributed by atoms with Crippen LogP contribution in [-0.2, 0) is 0 Å². The third-order valence-electron chi connectivity index (χ3n) is 2.26. The zero-order chi connectivity index (χ0) is 12.8. The molecule has 0 nitrogen and oxygen atoms in total. The van der Waals surface area contributed by atoms with Gasteiger partial charge in [-0.25, -0.2) is 0 Å². The van der Waals surface area contributed by atoms with Gasteiger partial charge in [-0.05, 0) is 22.4 Å². The van der Waals surface area contributed by atoms with Crippen LogP contribution in [0.5, 0.6) is 0 Å². The third-order valence-corrected chi connectivity index (χ3v) is 3.91. The number of unbranched alkanes of at least 4 members (excludes halogenated alkanes) is 3. The molecule has 0 fully saturated rings. The summed E-state index contributed by atoms with van der Waals surface area (Å²) in [4.78, 5) is -4.10. The maximum Gasteiger partial charge on any atom is 0.363 e. The summed E-state index contributed by atoms with van der Waals surface area (Å²) in [7, 11) is 0. The lowest BCUT2D eigenvalue weighted by Crippen LogP contribution is -2.37. The Hall–Kier alpha value is 0.930. The van der Waals surface area contributed by atoms with E-state index in [4.69, 9.17) is 0 Å². The fraction of sp³-hybridized carbons (Fsp3) is 1.00. The van der Waals surface area contributed by atoms with E-state index >= 15 is 0 Å². The Kier molecular flexibility index (Phi) is 7.81. The number of rotatable bonds is 8. The van der Waals surface area contributed by atoms with E-state index in [1.165, 1.54) is 0 Å². The quantitative estimate of drug-likeness (QED) is 0.203. The second-order valence-electron chi connectivity index (χ2n) is 3.85. The average molecular weight is 419 g/mol. The molecule has 0 aliphatic heterocycles.